The first kappa shape index (κ1) is 19.0. The van der Waals surface area contributed by atoms with Crippen LogP contribution in [0.25, 0.3) is 0 Å². The summed E-state index contributed by atoms with van der Waals surface area (Å²) in [7, 11) is 0. The van der Waals surface area contributed by atoms with Gasteiger partial charge in [-0.3, -0.25) is 14.9 Å². The van der Waals surface area contributed by atoms with Crippen molar-refractivity contribution < 1.29 is 19.9 Å². The molecule has 5 N–H and O–H groups in total. The largest absolute Gasteiger partial charge is 0.394 e. The topological polar surface area (TPSA) is 139 Å². The molecule has 0 saturated heterocycles. The molecular weight excluding hydrogens is 302 g/mol. The summed E-state index contributed by atoms with van der Waals surface area (Å²) in [5.41, 5.74) is 5.67. The van der Waals surface area contributed by atoms with Crippen LogP contribution in [0.4, 0.5) is 5.69 Å². The summed E-state index contributed by atoms with van der Waals surface area (Å²) in [4.78, 5) is 21.9. The molecule has 8 nitrogen and oxygen atoms in total. The number of hydrogen-bond donors (Lipinski definition) is 4. The van der Waals surface area contributed by atoms with Crippen LogP contribution in [0.3, 0.4) is 0 Å². The molecular formula is C15H23N3O5. The zero-order valence-corrected chi connectivity index (χ0v) is 12.9. The number of nitro benzene ring substituents is 1. The zero-order valence-electron chi connectivity index (χ0n) is 12.9. The minimum atomic E-state index is -1.14. The molecule has 0 fully saturated rings. The Morgan fingerprint density at radius 1 is 1.26 bits per heavy atom. The van der Waals surface area contributed by atoms with Gasteiger partial charge in [0.05, 0.1) is 17.6 Å². The lowest BCUT2D eigenvalue weighted by Crippen LogP contribution is -2.41. The van der Waals surface area contributed by atoms with Gasteiger partial charge in [0, 0.05) is 18.6 Å². The van der Waals surface area contributed by atoms with Crippen LogP contribution in [0.15, 0.2) is 24.3 Å². The van der Waals surface area contributed by atoms with E-state index in [1.807, 2.05) is 0 Å². The van der Waals surface area contributed by atoms with Gasteiger partial charge < -0.3 is 21.3 Å². The van der Waals surface area contributed by atoms with Gasteiger partial charge >= 0.3 is 0 Å². The van der Waals surface area contributed by atoms with Crippen LogP contribution in [0.1, 0.15) is 37.4 Å². The number of unbranched alkanes of at least 4 members (excludes halogenated alkanes) is 2. The van der Waals surface area contributed by atoms with Gasteiger partial charge in [-0.05, 0) is 37.1 Å². The maximum absolute atomic E-state index is 11.8. The average Bonchev–Trinajstić information content (AvgIpc) is 2.56. The first-order valence-electron chi connectivity index (χ1n) is 7.52. The molecule has 0 aliphatic carbocycles. The average molecular weight is 325 g/mol. The first-order valence-corrected chi connectivity index (χ1v) is 7.52. The van der Waals surface area contributed by atoms with Crippen molar-refractivity contribution in [3.8, 4) is 0 Å². The highest BCUT2D eigenvalue weighted by molar-refractivity contribution is 5.76. The second kappa shape index (κ2) is 9.88. The van der Waals surface area contributed by atoms with Gasteiger partial charge in [-0.2, -0.15) is 0 Å². The lowest BCUT2D eigenvalue weighted by molar-refractivity contribution is -0.384. The Morgan fingerprint density at radius 2 is 1.91 bits per heavy atom. The van der Waals surface area contributed by atoms with E-state index in [0.29, 0.717) is 24.9 Å². The normalized spacial score (nSPS) is 13.3. The summed E-state index contributed by atoms with van der Waals surface area (Å²) < 4.78 is 0. The predicted octanol–water partition coefficient (Wildman–Crippen LogP) is 0.624. The van der Waals surface area contributed by atoms with Crippen molar-refractivity contribution in [3.05, 3.63) is 39.9 Å². The quantitative estimate of drug-likeness (QED) is 0.282. The third-order valence-electron chi connectivity index (χ3n) is 3.48. The zero-order chi connectivity index (χ0) is 17.2. The summed E-state index contributed by atoms with van der Waals surface area (Å²) in [5, 5.41) is 32.7. The van der Waals surface area contributed by atoms with Crippen molar-refractivity contribution in [2.24, 2.45) is 5.73 Å². The molecule has 1 amide bonds. The van der Waals surface area contributed by atoms with E-state index in [9.17, 15) is 25.1 Å². The number of aliphatic hydroxyl groups is 2. The number of nitrogens with one attached hydrogen (secondary N) is 1. The number of nitrogens with two attached hydrogens (primary N) is 1. The van der Waals surface area contributed by atoms with Gasteiger partial charge in [0.15, 0.2) is 0 Å². The van der Waals surface area contributed by atoms with Gasteiger partial charge in [0.2, 0.25) is 5.91 Å². The predicted molar refractivity (Wildman–Crippen MR) is 84.6 cm³/mol. The minimum Gasteiger partial charge on any atom is -0.394 e. The second-order valence-corrected chi connectivity index (χ2v) is 5.25. The number of rotatable bonds is 10. The summed E-state index contributed by atoms with van der Waals surface area (Å²) in [5.74, 6) is -0.262. The number of benzene rings is 1. The fourth-order valence-electron chi connectivity index (χ4n) is 2.14. The van der Waals surface area contributed by atoms with Crippen molar-refractivity contribution in [3.63, 3.8) is 0 Å². The summed E-state index contributed by atoms with van der Waals surface area (Å²) >= 11 is 0. The van der Waals surface area contributed by atoms with Gasteiger partial charge in [0.1, 0.15) is 6.10 Å². The van der Waals surface area contributed by atoms with E-state index in [1.54, 1.807) is 0 Å². The fourth-order valence-corrected chi connectivity index (χ4v) is 2.14. The highest BCUT2D eigenvalue weighted by atomic mass is 16.6. The minimum absolute atomic E-state index is 0.0922. The Balaban J connectivity index is 2.58. The molecule has 8 heteroatoms. The molecule has 0 radical (unpaired) electrons. The number of nitro groups is 1. The van der Waals surface area contributed by atoms with Crippen molar-refractivity contribution >= 4 is 11.6 Å². The Bertz CT molecular complexity index is 506. The molecule has 0 unspecified atom stereocenters. The SMILES string of the molecule is NCCCCCC(=O)N[C@H](CO)[C@@H](O)c1ccc([N+](=O)[O-])cc1. The van der Waals surface area contributed by atoms with E-state index in [-0.39, 0.29) is 11.6 Å². The Labute approximate surface area is 134 Å². The highest BCUT2D eigenvalue weighted by Gasteiger charge is 2.22. The molecule has 0 aliphatic rings. The molecule has 0 heterocycles. The van der Waals surface area contributed by atoms with Gasteiger partial charge in [-0.15, -0.1) is 0 Å². The molecule has 0 aliphatic heterocycles. The maximum Gasteiger partial charge on any atom is 0.269 e. The second-order valence-electron chi connectivity index (χ2n) is 5.25. The molecule has 0 bridgehead atoms. The summed E-state index contributed by atoms with van der Waals surface area (Å²) in [6, 6.07) is 4.47. The number of aliphatic hydroxyl groups excluding tert-OH is 2. The van der Waals surface area contributed by atoms with Crippen LogP contribution in [-0.4, -0.2) is 40.2 Å². The molecule has 0 aromatic heterocycles. The molecule has 0 spiro atoms. The molecule has 1 aromatic rings. The first-order chi connectivity index (χ1) is 11.0. The summed E-state index contributed by atoms with van der Waals surface area (Å²) in [6.07, 6.45) is 1.53. The van der Waals surface area contributed by atoms with E-state index < -0.39 is 23.7 Å². The fraction of sp³-hybridized carbons (Fsp3) is 0.533. The smallest absolute Gasteiger partial charge is 0.269 e. The number of carbonyl (C=O) groups is 1. The maximum atomic E-state index is 11.8. The summed E-state index contributed by atoms with van der Waals surface area (Å²) in [6.45, 7) is 0.145. The molecule has 1 rings (SSSR count). The van der Waals surface area contributed by atoms with Crippen LogP contribution in [0.5, 0.6) is 0 Å². The Morgan fingerprint density at radius 3 is 2.43 bits per heavy atom. The van der Waals surface area contributed by atoms with Crippen LogP contribution >= 0.6 is 0 Å². The molecule has 2 atom stereocenters. The van der Waals surface area contributed by atoms with Gasteiger partial charge in [0.25, 0.3) is 5.69 Å². The molecule has 0 saturated carbocycles. The van der Waals surface area contributed by atoms with Crippen LogP contribution in [-0.2, 0) is 4.79 Å². The van der Waals surface area contributed by atoms with Gasteiger partial charge in [-0.1, -0.05) is 6.42 Å². The Hall–Kier alpha value is -2.03. The van der Waals surface area contributed by atoms with E-state index in [0.717, 1.165) is 12.8 Å². The van der Waals surface area contributed by atoms with Crippen molar-refractivity contribution in [1.82, 2.24) is 5.32 Å². The van der Waals surface area contributed by atoms with E-state index in [4.69, 9.17) is 5.73 Å². The molecule has 1 aromatic carbocycles. The van der Waals surface area contributed by atoms with Crippen LogP contribution < -0.4 is 11.1 Å². The lowest BCUT2D eigenvalue weighted by Gasteiger charge is -2.22. The standard InChI is InChI=1S/C15H23N3O5/c16-9-3-1-2-4-14(20)17-13(10-19)15(21)11-5-7-12(8-6-11)18(22)23/h5-8,13,15,19,21H,1-4,9-10,16H2,(H,17,20)/t13-,15+/m1/s1. The van der Waals surface area contributed by atoms with Crippen LogP contribution in [0.2, 0.25) is 0 Å². The van der Waals surface area contributed by atoms with E-state index in [1.165, 1.54) is 24.3 Å². The third-order valence-corrected chi connectivity index (χ3v) is 3.48. The Kier molecular flexibility index (Phi) is 8.17. The van der Waals surface area contributed by atoms with Crippen LogP contribution in [0, 0.1) is 10.1 Å². The third kappa shape index (κ3) is 6.31. The van der Waals surface area contributed by atoms with Gasteiger partial charge in [-0.25, -0.2) is 0 Å². The number of carbonyl (C=O) groups excluding carboxylic acids is 1. The number of hydrogen-bond acceptors (Lipinski definition) is 6. The number of nitrogens with zero attached hydrogens (tertiary/aromatic N) is 1. The molecule has 23 heavy (non-hydrogen) atoms. The van der Waals surface area contributed by atoms with Crippen molar-refractivity contribution in [2.75, 3.05) is 13.2 Å². The highest BCUT2D eigenvalue weighted by Crippen LogP contribution is 2.20. The number of amides is 1. The number of non-ortho nitro benzene ring substituents is 1. The van der Waals surface area contributed by atoms with Crippen molar-refractivity contribution in [1.29, 1.82) is 0 Å². The van der Waals surface area contributed by atoms with Crippen molar-refractivity contribution in [2.45, 2.75) is 37.8 Å². The van der Waals surface area contributed by atoms with E-state index in [2.05, 4.69) is 5.32 Å². The molecule has 128 valence electrons. The van der Waals surface area contributed by atoms with E-state index >= 15 is 0 Å². The monoisotopic (exact) mass is 325 g/mol. The lowest BCUT2D eigenvalue weighted by atomic mass is 10.0.